The number of nitrogens with one attached hydrogen (secondary N) is 2. The minimum atomic E-state index is -1.48. The molecule has 2 aromatic rings. The molecule has 1 aromatic heterocycles. The van der Waals surface area contributed by atoms with Crippen LogP contribution < -0.4 is 10.6 Å². The highest BCUT2D eigenvalue weighted by molar-refractivity contribution is 8.14. The second-order valence-corrected chi connectivity index (χ2v) is 7.62. The lowest BCUT2D eigenvalue weighted by Crippen LogP contribution is -2.38. The van der Waals surface area contributed by atoms with Crippen molar-refractivity contribution in [1.29, 1.82) is 0 Å². The van der Waals surface area contributed by atoms with Crippen molar-refractivity contribution in [3.63, 3.8) is 0 Å². The van der Waals surface area contributed by atoms with Crippen LogP contribution >= 0.6 is 11.8 Å². The molecule has 0 aliphatic heterocycles. The summed E-state index contributed by atoms with van der Waals surface area (Å²) in [5, 5.41) is 15.7. The second kappa shape index (κ2) is 12.0. The zero-order valence-corrected chi connectivity index (χ0v) is 18.2. The molecule has 0 fully saturated rings. The van der Waals surface area contributed by atoms with Gasteiger partial charge in [-0.3, -0.25) is 14.6 Å². The molecular formula is C22H28N4O3S. The van der Waals surface area contributed by atoms with E-state index in [4.69, 9.17) is 0 Å². The third-order valence-corrected chi connectivity index (χ3v) is 5.12. The number of likely N-dealkylation sites (N-methyl/N-ethyl adjacent to an activating group) is 1. The van der Waals surface area contributed by atoms with Crippen LogP contribution in [0.2, 0.25) is 0 Å². The topological polar surface area (TPSA) is 94.6 Å². The van der Waals surface area contributed by atoms with Crippen LogP contribution in [0.5, 0.6) is 0 Å². The van der Waals surface area contributed by atoms with Gasteiger partial charge in [-0.2, -0.15) is 0 Å². The monoisotopic (exact) mass is 428 g/mol. The fraction of sp³-hybridized carbons (Fsp3) is 0.318. The number of benzene rings is 1. The van der Waals surface area contributed by atoms with Crippen molar-refractivity contribution in [3.05, 3.63) is 72.2 Å². The average molecular weight is 429 g/mol. The molecule has 0 radical (unpaired) electrons. The summed E-state index contributed by atoms with van der Waals surface area (Å²) in [5.41, 5.74) is 1.10. The molecule has 0 aliphatic carbocycles. The van der Waals surface area contributed by atoms with Gasteiger partial charge < -0.3 is 20.6 Å². The van der Waals surface area contributed by atoms with Gasteiger partial charge in [-0.15, -0.1) is 0 Å². The Balaban J connectivity index is 1.88. The number of thioether (sulfide) groups is 1. The molecule has 2 rings (SSSR count). The number of aliphatic hydroxyl groups excluding tert-OH is 1. The molecule has 3 N–H and O–H groups in total. The third kappa shape index (κ3) is 7.20. The SMILES string of the molecule is C/C=C\Nc1ccc([C@@H](C)NC(=O)S[C@@H](O)C(=O)N(CC)Cc2ccccn2)cc1. The molecule has 8 heteroatoms. The van der Waals surface area contributed by atoms with Gasteiger partial charge in [-0.25, -0.2) is 0 Å². The van der Waals surface area contributed by atoms with Crippen LogP contribution in [0.4, 0.5) is 10.5 Å². The number of hydrogen-bond donors (Lipinski definition) is 3. The Morgan fingerprint density at radius 3 is 2.57 bits per heavy atom. The maximum Gasteiger partial charge on any atom is 0.282 e. The zero-order chi connectivity index (χ0) is 21.9. The van der Waals surface area contributed by atoms with Gasteiger partial charge in [-0.1, -0.05) is 24.3 Å². The minimum Gasteiger partial charge on any atom is -0.373 e. The molecule has 0 saturated heterocycles. The fourth-order valence-electron chi connectivity index (χ4n) is 2.68. The molecular weight excluding hydrogens is 400 g/mol. The van der Waals surface area contributed by atoms with E-state index in [0.717, 1.165) is 16.9 Å². The standard InChI is InChI=1S/C22H28N4O3S/c1-4-13-23-18-11-9-17(10-12-18)16(3)25-22(29)30-21(28)20(27)26(5-2)15-19-8-6-7-14-24-19/h4,6-14,16,21,23,28H,5,15H2,1-3H3,(H,25,29)/b13-4-/t16-,21-/m1/s1. The Kier molecular flexibility index (Phi) is 9.37. The summed E-state index contributed by atoms with van der Waals surface area (Å²) in [4.78, 5) is 30.5. The maximum atomic E-state index is 12.5. The van der Waals surface area contributed by atoms with Crippen molar-refractivity contribution in [2.45, 2.75) is 38.8 Å². The Morgan fingerprint density at radius 1 is 1.23 bits per heavy atom. The summed E-state index contributed by atoms with van der Waals surface area (Å²) < 4.78 is 0. The maximum absolute atomic E-state index is 12.5. The molecule has 0 unspecified atom stereocenters. The highest BCUT2D eigenvalue weighted by Crippen LogP contribution is 2.19. The Hall–Kier alpha value is -2.84. The predicted molar refractivity (Wildman–Crippen MR) is 121 cm³/mol. The second-order valence-electron chi connectivity index (χ2n) is 6.56. The number of amides is 2. The zero-order valence-electron chi connectivity index (χ0n) is 17.4. The highest BCUT2D eigenvalue weighted by Gasteiger charge is 2.25. The van der Waals surface area contributed by atoms with Crippen LogP contribution in [0.15, 0.2) is 60.9 Å². The van der Waals surface area contributed by atoms with Crippen molar-refractivity contribution in [2.75, 3.05) is 11.9 Å². The third-order valence-electron chi connectivity index (χ3n) is 4.36. The van der Waals surface area contributed by atoms with Gasteiger partial charge in [0.25, 0.3) is 11.1 Å². The summed E-state index contributed by atoms with van der Waals surface area (Å²) in [6.07, 6.45) is 5.39. The largest absolute Gasteiger partial charge is 0.373 e. The first-order chi connectivity index (χ1) is 14.4. The van der Waals surface area contributed by atoms with E-state index in [0.29, 0.717) is 18.3 Å². The first kappa shape index (κ1) is 23.4. The van der Waals surface area contributed by atoms with E-state index in [2.05, 4.69) is 15.6 Å². The van der Waals surface area contributed by atoms with Gasteiger partial charge in [0.15, 0.2) is 5.44 Å². The molecule has 0 bridgehead atoms. The van der Waals surface area contributed by atoms with E-state index in [1.54, 1.807) is 12.3 Å². The van der Waals surface area contributed by atoms with Gasteiger partial charge in [0.1, 0.15) is 0 Å². The van der Waals surface area contributed by atoms with E-state index >= 15 is 0 Å². The summed E-state index contributed by atoms with van der Waals surface area (Å²) in [6.45, 7) is 6.27. The van der Waals surface area contributed by atoms with Crippen molar-refractivity contribution in [3.8, 4) is 0 Å². The molecule has 0 aliphatic rings. The molecule has 7 nitrogen and oxygen atoms in total. The number of carbonyl (C=O) groups is 2. The summed E-state index contributed by atoms with van der Waals surface area (Å²) in [5.74, 6) is -0.518. The quantitative estimate of drug-likeness (QED) is 0.525. The van der Waals surface area contributed by atoms with Crippen LogP contribution in [0.3, 0.4) is 0 Å². The van der Waals surface area contributed by atoms with E-state index in [-0.39, 0.29) is 12.6 Å². The van der Waals surface area contributed by atoms with Crippen LogP contribution in [0, 0.1) is 0 Å². The molecule has 2 atom stereocenters. The molecule has 2 amide bonds. The molecule has 0 saturated carbocycles. The van der Waals surface area contributed by atoms with E-state index in [1.807, 2.05) is 69.4 Å². The van der Waals surface area contributed by atoms with E-state index in [1.165, 1.54) is 4.90 Å². The van der Waals surface area contributed by atoms with Crippen molar-refractivity contribution in [2.24, 2.45) is 0 Å². The van der Waals surface area contributed by atoms with Crippen LogP contribution in [0.25, 0.3) is 0 Å². The Labute approximate surface area is 181 Å². The lowest BCUT2D eigenvalue weighted by Gasteiger charge is -2.23. The molecule has 1 heterocycles. The Bertz CT molecular complexity index is 843. The molecule has 1 aromatic carbocycles. The van der Waals surface area contributed by atoms with Gasteiger partial charge in [0, 0.05) is 18.4 Å². The smallest absolute Gasteiger partial charge is 0.282 e. The highest BCUT2D eigenvalue weighted by atomic mass is 32.2. The van der Waals surface area contributed by atoms with Gasteiger partial charge in [0.05, 0.1) is 18.3 Å². The molecule has 30 heavy (non-hydrogen) atoms. The number of hydrogen-bond acceptors (Lipinski definition) is 6. The lowest BCUT2D eigenvalue weighted by atomic mass is 10.1. The van der Waals surface area contributed by atoms with Gasteiger partial charge >= 0.3 is 0 Å². The van der Waals surface area contributed by atoms with Crippen molar-refractivity contribution in [1.82, 2.24) is 15.2 Å². The fourth-order valence-corrected chi connectivity index (χ4v) is 3.38. The average Bonchev–Trinajstić information content (AvgIpc) is 2.76. The number of anilines is 1. The number of pyridine rings is 1. The minimum absolute atomic E-state index is 0.265. The number of aromatic nitrogens is 1. The number of nitrogens with zero attached hydrogens (tertiary/aromatic N) is 2. The molecule has 0 spiro atoms. The number of carbonyl (C=O) groups excluding carboxylic acids is 2. The summed E-state index contributed by atoms with van der Waals surface area (Å²) in [6, 6.07) is 12.8. The van der Waals surface area contributed by atoms with E-state index < -0.39 is 16.6 Å². The van der Waals surface area contributed by atoms with Crippen molar-refractivity contribution < 1.29 is 14.7 Å². The van der Waals surface area contributed by atoms with Crippen LogP contribution in [-0.2, 0) is 11.3 Å². The summed E-state index contributed by atoms with van der Waals surface area (Å²) in [7, 11) is 0. The van der Waals surface area contributed by atoms with Crippen LogP contribution in [0.1, 0.15) is 38.1 Å². The first-order valence-electron chi connectivity index (χ1n) is 9.76. The van der Waals surface area contributed by atoms with E-state index in [9.17, 15) is 14.7 Å². The lowest BCUT2D eigenvalue weighted by molar-refractivity contribution is -0.136. The van der Waals surface area contributed by atoms with Gasteiger partial charge in [-0.05, 0) is 68.6 Å². The normalized spacial score (nSPS) is 12.9. The summed E-state index contributed by atoms with van der Waals surface area (Å²) >= 11 is 0.572. The molecule has 160 valence electrons. The van der Waals surface area contributed by atoms with Crippen molar-refractivity contribution >= 4 is 28.6 Å². The van der Waals surface area contributed by atoms with Crippen LogP contribution in [-0.4, -0.2) is 38.1 Å². The predicted octanol–water partition coefficient (Wildman–Crippen LogP) is 3.90. The number of aliphatic hydroxyl groups is 1. The number of allylic oxidation sites excluding steroid dienone is 1. The van der Waals surface area contributed by atoms with Gasteiger partial charge in [0.2, 0.25) is 0 Å². The Morgan fingerprint density at radius 2 is 1.97 bits per heavy atom. The first-order valence-corrected chi connectivity index (χ1v) is 10.6. The number of rotatable bonds is 9.